The Kier molecular flexibility index (Phi) is 7.48. The fourth-order valence-corrected chi connectivity index (χ4v) is 9.49. The second-order valence-corrected chi connectivity index (χ2v) is 13.4. The van der Waals surface area contributed by atoms with E-state index < -0.39 is 0 Å². The number of allylic oxidation sites excluding steroid dienone is 2. The fraction of sp³-hybridized carbons (Fsp3) is 0.844. The minimum Gasteiger partial charge on any atom is -0.458 e. The molecule has 8 atom stereocenters. The van der Waals surface area contributed by atoms with Gasteiger partial charge in [0.15, 0.2) is 0 Å². The first-order chi connectivity index (χ1) is 16.0. The molecule has 4 aliphatic carbocycles. The van der Waals surface area contributed by atoms with Gasteiger partial charge >= 0.3 is 5.97 Å². The predicted octanol–water partition coefficient (Wildman–Crippen LogP) is 8.91. The topological polar surface area (TPSA) is 26.3 Å². The molecule has 0 spiro atoms. The number of carbonyl (C=O) groups excluding carboxylic acids is 1. The van der Waals surface area contributed by atoms with Crippen LogP contribution in [0.25, 0.3) is 0 Å². The Morgan fingerprint density at radius 2 is 1.76 bits per heavy atom. The molecule has 0 unspecified atom stereocenters. The van der Waals surface area contributed by atoms with E-state index in [1.54, 1.807) is 0 Å². The van der Waals surface area contributed by atoms with E-state index >= 15 is 0 Å². The van der Waals surface area contributed by atoms with Crippen LogP contribution in [0.3, 0.4) is 0 Å². The molecule has 2 heteroatoms. The molecule has 0 N–H and O–H groups in total. The SMILES string of the molecule is C=C1[C@@H](OC(C)=O)CC[C@@]2(C)[C@H]1CCC1=C3CC[C@H]([C@H](C)CC[C@H](CC)C(C)C)[C@@]3(C)CC[C@@H]12. The number of esters is 1. The summed E-state index contributed by atoms with van der Waals surface area (Å²) in [6.45, 7) is 21.0. The Morgan fingerprint density at radius 1 is 1.03 bits per heavy atom. The van der Waals surface area contributed by atoms with Crippen molar-refractivity contribution in [2.75, 3.05) is 0 Å². The van der Waals surface area contributed by atoms with Crippen molar-refractivity contribution in [3.8, 4) is 0 Å². The van der Waals surface area contributed by atoms with Crippen LogP contribution in [0, 0.1) is 46.3 Å². The van der Waals surface area contributed by atoms with Crippen LogP contribution in [0.5, 0.6) is 0 Å². The first-order valence-electron chi connectivity index (χ1n) is 14.6. The molecule has 0 heterocycles. The standard InChI is InChI=1S/C32H52O2/c1-9-24(20(2)3)11-10-21(4)26-14-15-28-25-12-13-27-22(5)30(34-23(6)33)17-19-32(27,8)29(25)16-18-31(26,28)7/h20-21,24,26-27,29-30H,5,9-19H2,1-4,6-8H3/t21-,24+,26-,27+,29+,30+,31-,32+/m1/s1. The third-order valence-electron chi connectivity index (χ3n) is 11.5. The zero-order valence-corrected chi connectivity index (χ0v) is 23.3. The maximum atomic E-state index is 11.6. The molecule has 4 aliphatic rings. The first-order valence-corrected chi connectivity index (χ1v) is 14.6. The van der Waals surface area contributed by atoms with Crippen molar-refractivity contribution in [3.05, 3.63) is 23.3 Å². The zero-order valence-electron chi connectivity index (χ0n) is 23.3. The third-order valence-corrected chi connectivity index (χ3v) is 11.5. The monoisotopic (exact) mass is 468 g/mol. The zero-order chi connectivity index (χ0) is 24.8. The van der Waals surface area contributed by atoms with Gasteiger partial charge in [0.05, 0.1) is 0 Å². The summed E-state index contributed by atoms with van der Waals surface area (Å²) in [5.74, 6) is 4.44. The molecule has 4 rings (SSSR count). The summed E-state index contributed by atoms with van der Waals surface area (Å²) in [7, 11) is 0. The van der Waals surface area contributed by atoms with E-state index in [-0.39, 0.29) is 12.1 Å². The van der Waals surface area contributed by atoms with Crippen LogP contribution in [0.15, 0.2) is 23.3 Å². The summed E-state index contributed by atoms with van der Waals surface area (Å²) >= 11 is 0. The highest BCUT2D eigenvalue weighted by molar-refractivity contribution is 5.66. The van der Waals surface area contributed by atoms with Crippen molar-refractivity contribution in [3.63, 3.8) is 0 Å². The lowest BCUT2D eigenvalue weighted by atomic mass is 9.48. The summed E-state index contributed by atoms with van der Waals surface area (Å²) < 4.78 is 5.67. The Morgan fingerprint density at radius 3 is 2.41 bits per heavy atom. The van der Waals surface area contributed by atoms with Crippen molar-refractivity contribution in [1.82, 2.24) is 0 Å². The Hall–Kier alpha value is -1.05. The molecule has 0 aromatic heterocycles. The second-order valence-electron chi connectivity index (χ2n) is 13.4. The van der Waals surface area contributed by atoms with Crippen molar-refractivity contribution < 1.29 is 9.53 Å². The smallest absolute Gasteiger partial charge is 0.303 e. The van der Waals surface area contributed by atoms with Gasteiger partial charge in [-0.05, 0) is 110 Å². The van der Waals surface area contributed by atoms with Gasteiger partial charge in [0.1, 0.15) is 6.10 Å². The summed E-state index contributed by atoms with van der Waals surface area (Å²) in [5, 5.41) is 0. The van der Waals surface area contributed by atoms with Crippen LogP contribution >= 0.6 is 0 Å². The van der Waals surface area contributed by atoms with Gasteiger partial charge in [0, 0.05) is 6.92 Å². The molecular formula is C32H52O2. The predicted molar refractivity (Wildman–Crippen MR) is 142 cm³/mol. The van der Waals surface area contributed by atoms with Crippen molar-refractivity contribution >= 4 is 5.97 Å². The molecule has 192 valence electrons. The second kappa shape index (κ2) is 9.78. The summed E-state index contributed by atoms with van der Waals surface area (Å²) in [6, 6.07) is 0. The van der Waals surface area contributed by atoms with Gasteiger partial charge in [-0.2, -0.15) is 0 Å². The molecule has 3 saturated carbocycles. The van der Waals surface area contributed by atoms with Crippen LogP contribution in [-0.2, 0) is 9.53 Å². The molecule has 0 bridgehead atoms. The molecule has 3 fully saturated rings. The Balaban J connectivity index is 1.52. The minimum atomic E-state index is -0.161. The van der Waals surface area contributed by atoms with E-state index in [1.807, 2.05) is 11.1 Å². The number of carbonyl (C=O) groups is 1. The van der Waals surface area contributed by atoms with E-state index in [1.165, 1.54) is 76.7 Å². The lowest BCUT2D eigenvalue weighted by Crippen LogP contribution is -2.49. The summed E-state index contributed by atoms with van der Waals surface area (Å²) in [4.78, 5) is 11.6. The number of hydrogen-bond acceptors (Lipinski definition) is 2. The molecule has 0 amide bonds. The first kappa shape index (κ1) is 26.0. The maximum Gasteiger partial charge on any atom is 0.303 e. The van der Waals surface area contributed by atoms with Gasteiger partial charge in [-0.25, -0.2) is 0 Å². The highest BCUT2D eigenvalue weighted by Crippen LogP contribution is 2.66. The van der Waals surface area contributed by atoms with Gasteiger partial charge in [0.25, 0.3) is 0 Å². The number of rotatable bonds is 7. The van der Waals surface area contributed by atoms with Crippen LogP contribution in [0.2, 0.25) is 0 Å². The van der Waals surface area contributed by atoms with Gasteiger partial charge in [0.2, 0.25) is 0 Å². The average Bonchev–Trinajstić information content (AvgIpc) is 3.13. The number of ether oxygens (including phenoxy) is 1. The van der Waals surface area contributed by atoms with Crippen LogP contribution in [0.4, 0.5) is 0 Å². The average molecular weight is 469 g/mol. The van der Waals surface area contributed by atoms with Gasteiger partial charge in [-0.1, -0.05) is 72.1 Å². The van der Waals surface area contributed by atoms with Crippen LogP contribution < -0.4 is 0 Å². The van der Waals surface area contributed by atoms with Crippen LogP contribution in [-0.4, -0.2) is 12.1 Å². The molecule has 0 aromatic carbocycles. The maximum absolute atomic E-state index is 11.6. The van der Waals surface area contributed by atoms with E-state index in [0.29, 0.717) is 22.7 Å². The Bertz CT molecular complexity index is 821. The fourth-order valence-electron chi connectivity index (χ4n) is 9.49. The van der Waals surface area contributed by atoms with Crippen molar-refractivity contribution in [1.29, 1.82) is 0 Å². The van der Waals surface area contributed by atoms with Gasteiger partial charge in [-0.3, -0.25) is 4.79 Å². The third kappa shape index (κ3) is 4.34. The van der Waals surface area contributed by atoms with Crippen molar-refractivity contribution in [2.45, 2.75) is 125 Å². The molecule has 0 saturated heterocycles. The highest BCUT2D eigenvalue weighted by atomic mass is 16.5. The number of hydrogen-bond donors (Lipinski definition) is 0. The molecule has 0 radical (unpaired) electrons. The Labute approximate surface area is 210 Å². The molecular weight excluding hydrogens is 416 g/mol. The lowest BCUT2D eigenvalue weighted by molar-refractivity contribution is -0.147. The van der Waals surface area contributed by atoms with Crippen LogP contribution in [0.1, 0.15) is 119 Å². The van der Waals surface area contributed by atoms with Gasteiger partial charge < -0.3 is 4.74 Å². The summed E-state index contributed by atoms with van der Waals surface area (Å²) in [5.41, 5.74) is 5.67. The number of fused-ring (bicyclic) bond motifs is 4. The molecule has 0 aromatic rings. The van der Waals surface area contributed by atoms with E-state index in [2.05, 4.69) is 48.1 Å². The van der Waals surface area contributed by atoms with E-state index in [0.717, 1.165) is 30.1 Å². The lowest BCUT2D eigenvalue weighted by Gasteiger charge is -2.57. The molecule has 34 heavy (non-hydrogen) atoms. The van der Waals surface area contributed by atoms with E-state index in [9.17, 15) is 4.79 Å². The molecule has 0 aliphatic heterocycles. The quantitative estimate of drug-likeness (QED) is 0.275. The minimum absolute atomic E-state index is 0.0619. The highest BCUT2D eigenvalue weighted by Gasteiger charge is 2.56. The summed E-state index contributed by atoms with van der Waals surface area (Å²) in [6.07, 6.45) is 14.1. The van der Waals surface area contributed by atoms with Gasteiger partial charge in [-0.15, -0.1) is 0 Å². The molecule has 2 nitrogen and oxygen atoms in total. The largest absolute Gasteiger partial charge is 0.458 e. The normalized spacial score (nSPS) is 39.4. The van der Waals surface area contributed by atoms with E-state index in [4.69, 9.17) is 4.74 Å². The van der Waals surface area contributed by atoms with Crippen molar-refractivity contribution in [2.24, 2.45) is 46.3 Å².